The van der Waals surface area contributed by atoms with Crippen LogP contribution >= 0.6 is 0 Å². The Morgan fingerprint density at radius 3 is 2.14 bits per heavy atom. The number of alkyl halides is 2. The van der Waals surface area contributed by atoms with Gasteiger partial charge in [-0.1, -0.05) is 25.7 Å². The molecule has 14 heavy (non-hydrogen) atoms. The normalized spacial score (nSPS) is 21.6. The van der Waals surface area contributed by atoms with E-state index in [0.29, 0.717) is 0 Å². The maximum atomic E-state index is 12.7. The molecule has 80 valence electrons. The second-order valence-electron chi connectivity index (χ2n) is 4.11. The number of halogens is 2. The van der Waals surface area contributed by atoms with Crippen molar-refractivity contribution in [2.75, 3.05) is 0 Å². The van der Waals surface area contributed by atoms with Gasteiger partial charge in [0.1, 0.15) is 0 Å². The summed E-state index contributed by atoms with van der Waals surface area (Å²) in [6, 6.07) is 1.89. The molecule has 0 aromatic carbocycles. The number of nitrogens with zero attached hydrogens (tertiary/aromatic N) is 1. The van der Waals surface area contributed by atoms with E-state index in [1.807, 2.05) is 6.07 Å². The molecule has 1 unspecified atom stereocenters. The molecule has 0 heterocycles. The summed E-state index contributed by atoms with van der Waals surface area (Å²) in [7, 11) is 0. The van der Waals surface area contributed by atoms with Gasteiger partial charge in [-0.3, -0.25) is 0 Å². The average Bonchev–Trinajstić information content (AvgIpc) is 2.41. The zero-order chi connectivity index (χ0) is 10.4. The predicted molar refractivity (Wildman–Crippen MR) is 50.9 cm³/mol. The first kappa shape index (κ1) is 11.4. The van der Waals surface area contributed by atoms with E-state index in [1.165, 1.54) is 12.8 Å². The van der Waals surface area contributed by atoms with Gasteiger partial charge in [0.2, 0.25) is 6.43 Å². The van der Waals surface area contributed by atoms with E-state index in [1.54, 1.807) is 0 Å². The second kappa shape index (κ2) is 5.95. The molecule has 0 N–H and O–H groups in total. The lowest BCUT2D eigenvalue weighted by Crippen LogP contribution is -2.21. The molecule has 0 radical (unpaired) electrons. The molecule has 1 rings (SSSR count). The molecule has 3 heteroatoms. The maximum absolute atomic E-state index is 12.7. The third kappa shape index (κ3) is 3.25. The van der Waals surface area contributed by atoms with Crippen LogP contribution in [0.5, 0.6) is 0 Å². The lowest BCUT2D eigenvalue weighted by atomic mass is 9.84. The van der Waals surface area contributed by atoms with E-state index in [9.17, 15) is 8.78 Å². The Kier molecular flexibility index (Phi) is 4.86. The van der Waals surface area contributed by atoms with E-state index in [-0.39, 0.29) is 12.3 Å². The van der Waals surface area contributed by atoms with Crippen molar-refractivity contribution in [1.82, 2.24) is 0 Å². The molecule has 1 aliphatic carbocycles. The summed E-state index contributed by atoms with van der Waals surface area (Å²) in [5, 5.41) is 8.50. The number of hydrogen-bond acceptors (Lipinski definition) is 1. The summed E-state index contributed by atoms with van der Waals surface area (Å²) in [6.45, 7) is 0. The molecule has 1 aliphatic rings. The van der Waals surface area contributed by atoms with Gasteiger partial charge in [0.25, 0.3) is 0 Å². The minimum atomic E-state index is -2.32. The Morgan fingerprint density at radius 2 is 1.71 bits per heavy atom. The van der Waals surface area contributed by atoms with Crippen LogP contribution in [-0.4, -0.2) is 6.43 Å². The van der Waals surface area contributed by atoms with Crippen molar-refractivity contribution in [2.24, 2.45) is 11.8 Å². The molecule has 1 saturated carbocycles. The molecule has 0 saturated heterocycles. The van der Waals surface area contributed by atoms with Crippen molar-refractivity contribution in [2.45, 2.75) is 51.4 Å². The quantitative estimate of drug-likeness (QED) is 0.638. The van der Waals surface area contributed by atoms with Crippen molar-refractivity contribution in [3.63, 3.8) is 0 Å². The highest BCUT2D eigenvalue weighted by Gasteiger charge is 2.29. The van der Waals surface area contributed by atoms with E-state index in [0.717, 1.165) is 25.7 Å². The van der Waals surface area contributed by atoms with Crippen molar-refractivity contribution in [3.05, 3.63) is 0 Å². The van der Waals surface area contributed by atoms with Crippen LogP contribution in [-0.2, 0) is 0 Å². The second-order valence-corrected chi connectivity index (χ2v) is 4.11. The molecule has 1 atom stereocenters. The Bertz CT molecular complexity index is 190. The van der Waals surface area contributed by atoms with Crippen LogP contribution in [0.3, 0.4) is 0 Å². The topological polar surface area (TPSA) is 23.8 Å². The minimum Gasteiger partial charge on any atom is -0.210 e. The van der Waals surface area contributed by atoms with E-state index < -0.39 is 12.3 Å². The summed E-state index contributed by atoms with van der Waals surface area (Å²) in [5.74, 6) is -0.602. The zero-order valence-corrected chi connectivity index (χ0v) is 8.38. The summed E-state index contributed by atoms with van der Waals surface area (Å²) in [5.41, 5.74) is 0. The van der Waals surface area contributed by atoms with E-state index in [4.69, 9.17) is 5.26 Å². The van der Waals surface area contributed by atoms with Gasteiger partial charge in [-0.2, -0.15) is 5.26 Å². The highest BCUT2D eigenvalue weighted by atomic mass is 19.3. The monoisotopic (exact) mass is 201 g/mol. The van der Waals surface area contributed by atoms with Crippen LogP contribution in [0.25, 0.3) is 0 Å². The SMILES string of the molecule is N#CCC(C(F)F)C1CCCCCC1. The fourth-order valence-electron chi connectivity index (χ4n) is 2.31. The Morgan fingerprint density at radius 1 is 1.14 bits per heavy atom. The fourth-order valence-corrected chi connectivity index (χ4v) is 2.31. The van der Waals surface area contributed by atoms with Gasteiger partial charge in [0.15, 0.2) is 0 Å². The van der Waals surface area contributed by atoms with Gasteiger partial charge < -0.3 is 0 Å². The van der Waals surface area contributed by atoms with Gasteiger partial charge in [-0.05, 0) is 18.8 Å². The highest BCUT2D eigenvalue weighted by molar-refractivity contribution is 4.83. The standard InChI is InChI=1S/C11H17F2N/c12-11(13)10(7-8-14)9-5-3-1-2-4-6-9/h9-11H,1-7H2. The third-order valence-corrected chi connectivity index (χ3v) is 3.16. The van der Waals surface area contributed by atoms with Crippen LogP contribution in [0, 0.1) is 23.2 Å². The molecule has 0 bridgehead atoms. The first-order valence-electron chi connectivity index (χ1n) is 5.41. The lowest BCUT2D eigenvalue weighted by molar-refractivity contribution is 0.0408. The first-order valence-corrected chi connectivity index (χ1v) is 5.41. The lowest BCUT2D eigenvalue weighted by Gasteiger charge is -2.22. The fraction of sp³-hybridized carbons (Fsp3) is 0.909. The van der Waals surface area contributed by atoms with Crippen LogP contribution in [0.1, 0.15) is 44.9 Å². The molecular weight excluding hydrogens is 184 g/mol. The molecule has 1 nitrogen and oxygen atoms in total. The Labute approximate surface area is 84.1 Å². The molecule has 0 aromatic rings. The Hall–Kier alpha value is -0.650. The molecule has 0 amide bonds. The largest absolute Gasteiger partial charge is 0.242 e. The summed E-state index contributed by atoms with van der Waals surface area (Å²) in [4.78, 5) is 0. The predicted octanol–water partition coefficient (Wildman–Crippen LogP) is 3.75. The molecule has 1 fully saturated rings. The molecule has 0 aromatic heterocycles. The number of nitriles is 1. The summed E-state index contributed by atoms with van der Waals surface area (Å²) >= 11 is 0. The van der Waals surface area contributed by atoms with Crippen LogP contribution in [0.4, 0.5) is 8.78 Å². The van der Waals surface area contributed by atoms with Gasteiger partial charge in [-0.15, -0.1) is 0 Å². The zero-order valence-electron chi connectivity index (χ0n) is 8.38. The Balaban J connectivity index is 2.52. The van der Waals surface area contributed by atoms with Crippen molar-refractivity contribution in [3.8, 4) is 6.07 Å². The first-order chi connectivity index (χ1) is 6.75. The number of rotatable bonds is 3. The van der Waals surface area contributed by atoms with Crippen LogP contribution < -0.4 is 0 Å². The van der Waals surface area contributed by atoms with Gasteiger partial charge in [0.05, 0.1) is 6.07 Å². The minimum absolute atomic E-state index is 0.0162. The van der Waals surface area contributed by atoms with Crippen molar-refractivity contribution < 1.29 is 8.78 Å². The summed E-state index contributed by atoms with van der Waals surface area (Å²) < 4.78 is 25.3. The number of hydrogen-bond donors (Lipinski definition) is 0. The van der Waals surface area contributed by atoms with Gasteiger partial charge in [-0.25, -0.2) is 8.78 Å². The smallest absolute Gasteiger partial charge is 0.210 e. The van der Waals surface area contributed by atoms with Gasteiger partial charge in [0, 0.05) is 12.3 Å². The maximum Gasteiger partial charge on any atom is 0.242 e. The van der Waals surface area contributed by atoms with E-state index in [2.05, 4.69) is 0 Å². The van der Waals surface area contributed by atoms with Crippen LogP contribution in [0.2, 0.25) is 0 Å². The highest BCUT2D eigenvalue weighted by Crippen LogP contribution is 2.33. The molecule has 0 aliphatic heterocycles. The molecular formula is C11H17F2N. The van der Waals surface area contributed by atoms with Gasteiger partial charge >= 0.3 is 0 Å². The van der Waals surface area contributed by atoms with E-state index >= 15 is 0 Å². The summed E-state index contributed by atoms with van der Waals surface area (Å²) in [6.07, 6.45) is 3.91. The third-order valence-electron chi connectivity index (χ3n) is 3.16. The molecule has 0 spiro atoms. The average molecular weight is 201 g/mol. The van der Waals surface area contributed by atoms with Crippen molar-refractivity contribution >= 4 is 0 Å². The van der Waals surface area contributed by atoms with Crippen LogP contribution in [0.15, 0.2) is 0 Å². The van der Waals surface area contributed by atoms with Crippen molar-refractivity contribution in [1.29, 1.82) is 5.26 Å².